The number of H-pyrrole nitrogens is 1. The van der Waals surface area contributed by atoms with Crippen molar-refractivity contribution in [3.63, 3.8) is 0 Å². The number of nitrogens with two attached hydrogens (primary N) is 1. The predicted molar refractivity (Wildman–Crippen MR) is 82.5 cm³/mol. The van der Waals surface area contributed by atoms with Gasteiger partial charge in [-0.05, 0) is 42.6 Å². The Kier molecular flexibility index (Phi) is 3.48. The van der Waals surface area contributed by atoms with E-state index in [0.717, 1.165) is 0 Å². The summed E-state index contributed by atoms with van der Waals surface area (Å²) in [5, 5.41) is 0.477. The maximum absolute atomic E-state index is 12.5. The van der Waals surface area contributed by atoms with E-state index >= 15 is 0 Å². The minimum atomic E-state index is -0.237. The number of rotatable bonds is 3. The molecule has 4 nitrogen and oxygen atoms in total. The molecule has 0 aliphatic carbocycles. The van der Waals surface area contributed by atoms with Gasteiger partial charge in [0.05, 0.1) is 16.6 Å². The van der Waals surface area contributed by atoms with Crippen molar-refractivity contribution in [2.45, 2.75) is 0 Å². The summed E-state index contributed by atoms with van der Waals surface area (Å²) in [4.78, 5) is 15.5. The summed E-state index contributed by atoms with van der Waals surface area (Å²) < 4.78 is 1.67. The summed E-state index contributed by atoms with van der Waals surface area (Å²) >= 11 is 5.21. The highest BCUT2D eigenvalue weighted by Crippen LogP contribution is 2.13. The molecule has 1 heterocycles. The SMILES string of the molecule is C=C/C=C(\C=C)n1c(=S)[nH]c2ccc(N)cc2c1=O. The molecule has 0 amide bonds. The number of hydrogen-bond acceptors (Lipinski definition) is 3. The van der Waals surface area contributed by atoms with Crippen molar-refractivity contribution in [2.75, 3.05) is 5.73 Å². The molecule has 2 rings (SSSR count). The highest BCUT2D eigenvalue weighted by Gasteiger charge is 2.07. The van der Waals surface area contributed by atoms with E-state index in [1.54, 1.807) is 36.4 Å². The van der Waals surface area contributed by atoms with Crippen LogP contribution in [0.1, 0.15) is 0 Å². The van der Waals surface area contributed by atoms with Gasteiger partial charge in [0.1, 0.15) is 0 Å². The largest absolute Gasteiger partial charge is 0.399 e. The quantitative estimate of drug-likeness (QED) is 0.512. The van der Waals surface area contributed by atoms with Gasteiger partial charge in [0.25, 0.3) is 5.56 Å². The van der Waals surface area contributed by atoms with E-state index in [1.165, 1.54) is 4.57 Å². The predicted octanol–water partition coefficient (Wildman–Crippen LogP) is 2.85. The van der Waals surface area contributed by atoms with Crippen molar-refractivity contribution in [2.24, 2.45) is 0 Å². The molecule has 5 heteroatoms. The molecule has 0 bridgehead atoms. The van der Waals surface area contributed by atoms with E-state index in [1.807, 2.05) is 0 Å². The summed E-state index contributed by atoms with van der Waals surface area (Å²) in [7, 11) is 0. The van der Waals surface area contributed by atoms with Crippen LogP contribution in [0, 0.1) is 4.77 Å². The van der Waals surface area contributed by atoms with E-state index < -0.39 is 0 Å². The van der Waals surface area contributed by atoms with Gasteiger partial charge in [-0.2, -0.15) is 0 Å². The summed E-state index contributed by atoms with van der Waals surface area (Å²) in [6, 6.07) is 5.07. The van der Waals surface area contributed by atoms with E-state index in [0.29, 0.717) is 27.1 Å². The molecule has 0 fully saturated rings. The van der Waals surface area contributed by atoms with Gasteiger partial charge in [-0.25, -0.2) is 0 Å². The lowest BCUT2D eigenvalue weighted by Crippen LogP contribution is -2.21. The van der Waals surface area contributed by atoms with Crippen molar-refractivity contribution in [3.05, 3.63) is 64.7 Å². The molecule has 0 atom stereocenters. The van der Waals surface area contributed by atoms with E-state index in [2.05, 4.69) is 18.1 Å². The number of allylic oxidation sites excluding steroid dienone is 4. The molecule has 0 aliphatic rings. The zero-order valence-corrected chi connectivity index (χ0v) is 11.0. The van der Waals surface area contributed by atoms with Gasteiger partial charge >= 0.3 is 0 Å². The Morgan fingerprint density at radius 2 is 2.16 bits per heavy atom. The third-order valence-electron chi connectivity index (χ3n) is 2.68. The van der Waals surface area contributed by atoms with Gasteiger partial charge in [-0.15, -0.1) is 0 Å². The van der Waals surface area contributed by atoms with Crippen LogP contribution in [0.3, 0.4) is 0 Å². The number of aromatic amines is 1. The highest BCUT2D eigenvalue weighted by atomic mass is 32.1. The van der Waals surface area contributed by atoms with Crippen molar-refractivity contribution in [1.29, 1.82) is 0 Å². The number of aromatic nitrogens is 2. The molecule has 1 aromatic carbocycles. The smallest absolute Gasteiger partial charge is 0.266 e. The molecule has 19 heavy (non-hydrogen) atoms. The lowest BCUT2D eigenvalue weighted by Gasteiger charge is -2.08. The third-order valence-corrected chi connectivity index (χ3v) is 2.96. The fourth-order valence-electron chi connectivity index (χ4n) is 1.82. The minimum Gasteiger partial charge on any atom is -0.399 e. The lowest BCUT2D eigenvalue weighted by atomic mass is 10.2. The zero-order chi connectivity index (χ0) is 14.0. The van der Waals surface area contributed by atoms with Gasteiger partial charge in [-0.1, -0.05) is 19.2 Å². The molecule has 0 spiro atoms. The van der Waals surface area contributed by atoms with Crippen LogP contribution in [0.2, 0.25) is 0 Å². The first-order valence-electron chi connectivity index (χ1n) is 5.58. The van der Waals surface area contributed by atoms with Gasteiger partial charge in [-0.3, -0.25) is 9.36 Å². The number of anilines is 1. The Balaban J connectivity index is 2.94. The third kappa shape index (κ3) is 2.28. The molecule has 0 radical (unpaired) electrons. The average Bonchev–Trinajstić information content (AvgIpc) is 2.38. The fraction of sp³-hybridized carbons (Fsp3) is 0. The second kappa shape index (κ2) is 5.07. The average molecular weight is 271 g/mol. The normalized spacial score (nSPS) is 11.5. The number of nitrogens with zero attached hydrogens (tertiary/aromatic N) is 1. The fourth-order valence-corrected chi connectivity index (χ4v) is 2.12. The number of nitrogens with one attached hydrogen (secondary N) is 1. The van der Waals surface area contributed by atoms with Crippen LogP contribution in [-0.2, 0) is 0 Å². The Bertz CT molecular complexity index is 812. The minimum absolute atomic E-state index is 0.237. The lowest BCUT2D eigenvalue weighted by molar-refractivity contribution is 0.971. The second-order valence-electron chi connectivity index (χ2n) is 3.91. The first kappa shape index (κ1) is 13.0. The van der Waals surface area contributed by atoms with Gasteiger partial charge in [0.15, 0.2) is 4.77 Å². The van der Waals surface area contributed by atoms with Gasteiger partial charge < -0.3 is 10.7 Å². The summed E-state index contributed by atoms with van der Waals surface area (Å²) in [6.07, 6.45) is 4.78. The standard InChI is InChI=1S/C14H13N3OS/c1-3-5-10(4-2)17-13(18)11-8-9(15)6-7-12(11)16-14(17)19/h3-8H,1-2,15H2,(H,16,19)/b10-5+. The zero-order valence-electron chi connectivity index (χ0n) is 10.2. The molecule has 0 unspecified atom stereocenters. The molecule has 3 N–H and O–H groups in total. The first-order valence-corrected chi connectivity index (χ1v) is 5.99. The van der Waals surface area contributed by atoms with Crippen molar-refractivity contribution < 1.29 is 0 Å². The topological polar surface area (TPSA) is 63.8 Å². The molecule has 1 aromatic heterocycles. The summed E-state index contributed by atoms with van der Waals surface area (Å²) in [5.74, 6) is 0. The van der Waals surface area contributed by atoms with Gasteiger partial charge in [0.2, 0.25) is 0 Å². The molecular weight excluding hydrogens is 258 g/mol. The monoisotopic (exact) mass is 271 g/mol. The van der Waals surface area contributed by atoms with Crippen LogP contribution in [0.5, 0.6) is 0 Å². The Morgan fingerprint density at radius 1 is 1.42 bits per heavy atom. The molecule has 0 aliphatic heterocycles. The Labute approximate surface area is 115 Å². The number of benzene rings is 1. The summed E-state index contributed by atoms with van der Waals surface area (Å²) in [5.41, 5.74) is 7.21. The molecule has 0 saturated heterocycles. The van der Waals surface area contributed by atoms with Crippen LogP contribution >= 0.6 is 12.2 Å². The van der Waals surface area contributed by atoms with Crippen LogP contribution in [0.4, 0.5) is 5.69 Å². The van der Waals surface area contributed by atoms with Crippen LogP contribution in [0.25, 0.3) is 16.6 Å². The van der Waals surface area contributed by atoms with Crippen molar-refractivity contribution >= 4 is 34.5 Å². The van der Waals surface area contributed by atoms with E-state index in [4.69, 9.17) is 18.0 Å². The Morgan fingerprint density at radius 3 is 2.79 bits per heavy atom. The van der Waals surface area contributed by atoms with Gasteiger partial charge in [0, 0.05) is 5.69 Å². The van der Waals surface area contributed by atoms with E-state index in [-0.39, 0.29) is 5.56 Å². The van der Waals surface area contributed by atoms with Crippen molar-refractivity contribution in [3.8, 4) is 0 Å². The molecule has 0 saturated carbocycles. The molecule has 96 valence electrons. The Hall–Kier alpha value is -2.40. The van der Waals surface area contributed by atoms with E-state index in [9.17, 15) is 4.79 Å². The van der Waals surface area contributed by atoms with Crippen molar-refractivity contribution in [1.82, 2.24) is 9.55 Å². The number of fused-ring (bicyclic) bond motifs is 1. The second-order valence-corrected chi connectivity index (χ2v) is 4.29. The van der Waals surface area contributed by atoms with Crippen LogP contribution in [0.15, 0.2) is 54.4 Å². The number of nitrogen functional groups attached to an aromatic ring is 1. The molecular formula is C14H13N3OS. The summed E-state index contributed by atoms with van der Waals surface area (Å²) in [6.45, 7) is 7.28. The maximum Gasteiger partial charge on any atom is 0.266 e. The highest BCUT2D eigenvalue weighted by molar-refractivity contribution is 7.71. The van der Waals surface area contributed by atoms with Crippen LogP contribution in [-0.4, -0.2) is 9.55 Å². The van der Waals surface area contributed by atoms with Crippen LogP contribution < -0.4 is 11.3 Å². The maximum atomic E-state index is 12.5. The first-order chi connectivity index (χ1) is 9.08. The number of hydrogen-bond donors (Lipinski definition) is 2. The molecule has 2 aromatic rings.